The summed E-state index contributed by atoms with van der Waals surface area (Å²) in [4.78, 5) is 38.9. The zero-order valence-corrected chi connectivity index (χ0v) is 18.4. The van der Waals surface area contributed by atoms with Gasteiger partial charge in [0, 0.05) is 19.2 Å². The SMILES string of the molecule is CCOC(=O)/C(C)=C/CN(C)C(=O)C(NC(=O)C(C)(CC)NC)C(C)(C)C. The second-order valence-electron chi connectivity index (χ2n) is 8.03. The quantitative estimate of drug-likeness (QED) is 0.469. The van der Waals surface area contributed by atoms with Crippen molar-refractivity contribution in [3.63, 3.8) is 0 Å². The van der Waals surface area contributed by atoms with Crippen molar-refractivity contribution in [1.82, 2.24) is 15.5 Å². The minimum absolute atomic E-state index is 0.210. The molecule has 0 heterocycles. The molecule has 0 aliphatic carbocycles. The highest BCUT2D eigenvalue weighted by Crippen LogP contribution is 2.22. The summed E-state index contributed by atoms with van der Waals surface area (Å²) in [6.45, 7) is 13.4. The number of carbonyl (C=O) groups is 3. The van der Waals surface area contributed by atoms with E-state index >= 15 is 0 Å². The molecule has 156 valence electrons. The maximum absolute atomic E-state index is 13.0. The van der Waals surface area contributed by atoms with Crippen LogP contribution in [0.5, 0.6) is 0 Å². The molecule has 0 aromatic heterocycles. The topological polar surface area (TPSA) is 87.7 Å². The number of hydrogen-bond acceptors (Lipinski definition) is 5. The van der Waals surface area contributed by atoms with Crippen molar-refractivity contribution < 1.29 is 19.1 Å². The summed E-state index contributed by atoms with van der Waals surface area (Å²) in [6.07, 6.45) is 2.25. The number of hydrogen-bond donors (Lipinski definition) is 2. The maximum Gasteiger partial charge on any atom is 0.333 e. The van der Waals surface area contributed by atoms with E-state index in [-0.39, 0.29) is 18.4 Å². The van der Waals surface area contributed by atoms with Gasteiger partial charge in [-0.05, 0) is 39.7 Å². The van der Waals surface area contributed by atoms with Crippen LogP contribution in [0.1, 0.15) is 54.9 Å². The monoisotopic (exact) mass is 383 g/mol. The zero-order chi connectivity index (χ0) is 21.4. The number of nitrogens with one attached hydrogen (secondary N) is 2. The molecule has 7 heteroatoms. The molecule has 0 fully saturated rings. The molecular weight excluding hydrogens is 346 g/mol. The largest absolute Gasteiger partial charge is 0.463 e. The normalized spacial score (nSPS) is 15.5. The summed E-state index contributed by atoms with van der Waals surface area (Å²) in [5.41, 5.74) is -0.770. The van der Waals surface area contributed by atoms with E-state index in [1.54, 1.807) is 34.0 Å². The summed E-state index contributed by atoms with van der Waals surface area (Å²) in [6, 6.07) is -0.689. The molecule has 2 atom stereocenters. The maximum atomic E-state index is 13.0. The van der Waals surface area contributed by atoms with E-state index in [9.17, 15) is 14.4 Å². The smallest absolute Gasteiger partial charge is 0.333 e. The first-order valence-corrected chi connectivity index (χ1v) is 9.42. The molecule has 0 aromatic carbocycles. The lowest BCUT2D eigenvalue weighted by Gasteiger charge is -2.36. The van der Waals surface area contributed by atoms with E-state index in [1.165, 1.54) is 4.90 Å². The minimum atomic E-state index is -0.747. The Labute approximate surface area is 163 Å². The van der Waals surface area contributed by atoms with E-state index in [0.29, 0.717) is 18.6 Å². The van der Waals surface area contributed by atoms with Gasteiger partial charge in [0.05, 0.1) is 12.1 Å². The highest BCUT2D eigenvalue weighted by molar-refractivity contribution is 5.92. The van der Waals surface area contributed by atoms with Gasteiger partial charge >= 0.3 is 5.97 Å². The molecule has 0 spiro atoms. The van der Waals surface area contributed by atoms with Crippen LogP contribution < -0.4 is 10.6 Å². The zero-order valence-electron chi connectivity index (χ0n) is 18.4. The molecule has 0 aliphatic rings. The lowest BCUT2D eigenvalue weighted by Crippen LogP contribution is -2.61. The summed E-state index contributed by atoms with van der Waals surface area (Å²) < 4.78 is 4.94. The Hall–Kier alpha value is -1.89. The minimum Gasteiger partial charge on any atom is -0.463 e. The van der Waals surface area contributed by atoms with Gasteiger partial charge in [-0.25, -0.2) is 4.79 Å². The van der Waals surface area contributed by atoms with Gasteiger partial charge in [-0.2, -0.15) is 0 Å². The molecule has 0 aliphatic heterocycles. The predicted molar refractivity (Wildman–Crippen MR) is 107 cm³/mol. The fourth-order valence-electron chi connectivity index (χ4n) is 2.30. The third kappa shape index (κ3) is 7.33. The first kappa shape index (κ1) is 25.1. The standard InChI is InChI=1S/C20H37N3O4/c1-10-20(7,21-8)18(26)22-15(19(4,5)6)16(24)23(9)13-12-14(3)17(25)27-11-2/h12,15,21H,10-11,13H2,1-9H3,(H,22,26)/b14-12+. The van der Waals surface area contributed by atoms with E-state index < -0.39 is 23.0 Å². The molecule has 7 nitrogen and oxygen atoms in total. The van der Waals surface area contributed by atoms with Gasteiger partial charge in [0.15, 0.2) is 0 Å². The van der Waals surface area contributed by atoms with Gasteiger partial charge in [-0.1, -0.05) is 33.8 Å². The van der Waals surface area contributed by atoms with Crippen LogP contribution in [-0.4, -0.2) is 61.5 Å². The van der Waals surface area contributed by atoms with Gasteiger partial charge in [-0.3, -0.25) is 9.59 Å². The van der Waals surface area contributed by atoms with Crippen molar-refractivity contribution in [2.75, 3.05) is 27.2 Å². The predicted octanol–water partition coefficient (Wildman–Crippen LogP) is 1.87. The fourth-order valence-corrected chi connectivity index (χ4v) is 2.30. The van der Waals surface area contributed by atoms with Crippen molar-refractivity contribution in [1.29, 1.82) is 0 Å². The molecule has 0 rings (SSSR count). The van der Waals surface area contributed by atoms with Crippen LogP contribution in [0.3, 0.4) is 0 Å². The summed E-state index contributed by atoms with van der Waals surface area (Å²) in [5.74, 6) is -0.822. The third-order valence-corrected chi connectivity index (χ3v) is 4.79. The Kier molecular flexibility index (Phi) is 9.71. The molecular formula is C20H37N3O4. The molecule has 0 radical (unpaired) electrons. The molecule has 2 unspecified atom stereocenters. The Morgan fingerprint density at radius 1 is 1.15 bits per heavy atom. The molecule has 0 aromatic rings. The van der Waals surface area contributed by atoms with Crippen molar-refractivity contribution in [3.05, 3.63) is 11.6 Å². The third-order valence-electron chi connectivity index (χ3n) is 4.79. The Morgan fingerprint density at radius 2 is 1.70 bits per heavy atom. The highest BCUT2D eigenvalue weighted by atomic mass is 16.5. The molecule has 27 heavy (non-hydrogen) atoms. The average Bonchev–Trinajstić information content (AvgIpc) is 2.61. The molecule has 0 saturated carbocycles. The summed E-state index contributed by atoms with van der Waals surface area (Å²) >= 11 is 0. The lowest BCUT2D eigenvalue weighted by atomic mass is 9.84. The van der Waals surface area contributed by atoms with E-state index in [1.807, 2.05) is 34.6 Å². The molecule has 2 N–H and O–H groups in total. The molecule has 2 amide bonds. The van der Waals surface area contributed by atoms with Crippen molar-refractivity contribution in [2.24, 2.45) is 5.41 Å². The highest BCUT2D eigenvalue weighted by Gasteiger charge is 2.38. The molecule has 0 saturated heterocycles. The van der Waals surface area contributed by atoms with Gasteiger partial charge in [-0.15, -0.1) is 0 Å². The van der Waals surface area contributed by atoms with Crippen molar-refractivity contribution in [3.8, 4) is 0 Å². The van der Waals surface area contributed by atoms with Crippen LogP contribution in [-0.2, 0) is 19.1 Å². The Bertz CT molecular complexity index is 560. The van der Waals surface area contributed by atoms with Crippen LogP contribution in [0.2, 0.25) is 0 Å². The lowest BCUT2D eigenvalue weighted by molar-refractivity contribution is -0.140. The Morgan fingerprint density at radius 3 is 2.11 bits per heavy atom. The van der Waals surface area contributed by atoms with Crippen LogP contribution in [0.25, 0.3) is 0 Å². The van der Waals surface area contributed by atoms with Crippen LogP contribution in [0.4, 0.5) is 0 Å². The van der Waals surface area contributed by atoms with Gasteiger partial charge in [0.2, 0.25) is 11.8 Å². The second kappa shape index (κ2) is 10.4. The summed E-state index contributed by atoms with van der Waals surface area (Å²) in [7, 11) is 3.38. The fraction of sp³-hybridized carbons (Fsp3) is 0.750. The van der Waals surface area contributed by atoms with Crippen molar-refractivity contribution >= 4 is 17.8 Å². The van der Waals surface area contributed by atoms with Gasteiger partial charge < -0.3 is 20.3 Å². The molecule has 0 bridgehead atoms. The van der Waals surface area contributed by atoms with E-state index in [0.717, 1.165) is 0 Å². The van der Waals surface area contributed by atoms with E-state index in [2.05, 4.69) is 10.6 Å². The Balaban J connectivity index is 5.32. The first-order chi connectivity index (χ1) is 12.3. The number of ether oxygens (including phenoxy) is 1. The van der Waals surface area contributed by atoms with Gasteiger partial charge in [0.25, 0.3) is 0 Å². The number of esters is 1. The number of carbonyl (C=O) groups excluding carboxylic acids is 3. The van der Waals surface area contributed by atoms with Gasteiger partial charge in [0.1, 0.15) is 6.04 Å². The number of likely N-dealkylation sites (N-methyl/N-ethyl adjacent to an activating group) is 2. The van der Waals surface area contributed by atoms with Crippen LogP contribution in [0.15, 0.2) is 11.6 Å². The van der Waals surface area contributed by atoms with Crippen LogP contribution >= 0.6 is 0 Å². The first-order valence-electron chi connectivity index (χ1n) is 9.42. The average molecular weight is 384 g/mol. The number of rotatable bonds is 9. The summed E-state index contributed by atoms with van der Waals surface area (Å²) in [5, 5.41) is 5.93. The number of amides is 2. The second-order valence-corrected chi connectivity index (χ2v) is 8.03. The number of nitrogens with zero attached hydrogens (tertiary/aromatic N) is 1. The van der Waals surface area contributed by atoms with Crippen molar-refractivity contribution in [2.45, 2.75) is 66.5 Å². The van der Waals surface area contributed by atoms with Crippen LogP contribution in [0, 0.1) is 5.41 Å². The van der Waals surface area contributed by atoms with E-state index in [4.69, 9.17) is 4.74 Å².